The Morgan fingerprint density at radius 2 is 2.19 bits per heavy atom. The molecule has 0 radical (unpaired) electrons. The van der Waals surface area contributed by atoms with Gasteiger partial charge in [-0.15, -0.1) is 11.3 Å². The average Bonchev–Trinajstić information content (AvgIpc) is 3.07. The number of carbonyl (C=O) groups is 1. The molecule has 3 rings (SSSR count). The largest absolute Gasteiger partial charge is 0.341 e. The van der Waals surface area contributed by atoms with Crippen LogP contribution in [0.1, 0.15) is 31.2 Å². The first-order valence-corrected chi connectivity index (χ1v) is 8.48. The van der Waals surface area contributed by atoms with Gasteiger partial charge in [0.1, 0.15) is 0 Å². The molecule has 3 nitrogen and oxygen atoms in total. The average molecular weight is 302 g/mol. The molecule has 1 aromatic heterocycles. The van der Waals surface area contributed by atoms with E-state index in [1.54, 1.807) is 11.3 Å². The van der Waals surface area contributed by atoms with E-state index in [9.17, 15) is 4.79 Å². The Morgan fingerprint density at radius 1 is 1.38 bits per heavy atom. The lowest BCUT2D eigenvalue weighted by Crippen LogP contribution is -2.32. The van der Waals surface area contributed by atoms with Crippen LogP contribution < -0.4 is 5.73 Å². The van der Waals surface area contributed by atoms with Gasteiger partial charge in [0.15, 0.2) is 0 Å². The Bertz CT molecular complexity index is 637. The third-order valence-electron chi connectivity index (χ3n) is 4.55. The Morgan fingerprint density at radius 3 is 2.95 bits per heavy atom. The molecular weight excluding hydrogens is 280 g/mol. The summed E-state index contributed by atoms with van der Waals surface area (Å²) in [4.78, 5) is 14.2. The maximum atomic E-state index is 12.4. The van der Waals surface area contributed by atoms with Crippen molar-refractivity contribution in [2.45, 2.75) is 38.3 Å². The van der Waals surface area contributed by atoms with Crippen LogP contribution in [0.25, 0.3) is 10.1 Å². The van der Waals surface area contributed by atoms with Gasteiger partial charge in [0, 0.05) is 30.8 Å². The van der Waals surface area contributed by atoms with E-state index in [1.165, 1.54) is 15.6 Å². The highest BCUT2D eigenvalue weighted by Crippen LogP contribution is 2.29. The van der Waals surface area contributed by atoms with Gasteiger partial charge in [-0.1, -0.05) is 24.6 Å². The van der Waals surface area contributed by atoms with E-state index in [0.29, 0.717) is 18.9 Å². The molecule has 0 unspecified atom stereocenters. The Hall–Kier alpha value is -1.39. The minimum atomic E-state index is 0.212. The normalized spacial score (nSPS) is 21.8. The van der Waals surface area contributed by atoms with Crippen LogP contribution in [-0.4, -0.2) is 23.9 Å². The van der Waals surface area contributed by atoms with Crippen molar-refractivity contribution in [3.63, 3.8) is 0 Å². The molecule has 1 heterocycles. The zero-order chi connectivity index (χ0) is 14.8. The SMILES string of the molecule is CN(Cc1csc2ccccc12)C(=O)C[C@@H]1CCC[C@H]1N. The number of hydrogen-bond donors (Lipinski definition) is 1. The zero-order valence-electron chi connectivity index (χ0n) is 12.4. The van der Waals surface area contributed by atoms with Crippen LogP contribution in [0.4, 0.5) is 0 Å². The topological polar surface area (TPSA) is 46.3 Å². The van der Waals surface area contributed by atoms with Gasteiger partial charge in [0.2, 0.25) is 5.91 Å². The maximum Gasteiger partial charge on any atom is 0.222 e. The summed E-state index contributed by atoms with van der Waals surface area (Å²) in [6.07, 6.45) is 3.93. The van der Waals surface area contributed by atoms with Gasteiger partial charge in [-0.2, -0.15) is 0 Å². The molecule has 4 heteroatoms. The molecule has 1 aromatic carbocycles. The summed E-state index contributed by atoms with van der Waals surface area (Å²) in [5, 5.41) is 3.43. The lowest BCUT2D eigenvalue weighted by Gasteiger charge is -2.21. The predicted molar refractivity (Wildman–Crippen MR) is 88.2 cm³/mol. The molecule has 0 aliphatic heterocycles. The highest BCUT2D eigenvalue weighted by atomic mass is 32.1. The first-order valence-electron chi connectivity index (χ1n) is 7.60. The van der Waals surface area contributed by atoms with Crippen molar-refractivity contribution in [1.82, 2.24) is 4.90 Å². The molecule has 1 saturated carbocycles. The Balaban J connectivity index is 1.65. The molecule has 112 valence electrons. The summed E-state index contributed by atoms with van der Waals surface area (Å²) in [6.45, 7) is 0.685. The van der Waals surface area contributed by atoms with E-state index in [4.69, 9.17) is 5.73 Å². The molecule has 0 spiro atoms. The quantitative estimate of drug-likeness (QED) is 0.941. The van der Waals surface area contributed by atoms with Gasteiger partial charge in [-0.05, 0) is 41.2 Å². The van der Waals surface area contributed by atoms with E-state index >= 15 is 0 Å². The van der Waals surface area contributed by atoms with Crippen molar-refractivity contribution in [1.29, 1.82) is 0 Å². The summed E-state index contributed by atoms with van der Waals surface area (Å²) < 4.78 is 1.28. The number of benzene rings is 1. The lowest BCUT2D eigenvalue weighted by molar-refractivity contribution is -0.131. The molecule has 2 atom stereocenters. The van der Waals surface area contributed by atoms with Gasteiger partial charge >= 0.3 is 0 Å². The molecule has 2 N–H and O–H groups in total. The number of nitrogens with two attached hydrogens (primary N) is 1. The van der Waals surface area contributed by atoms with Crippen molar-refractivity contribution in [2.24, 2.45) is 11.7 Å². The number of carbonyl (C=O) groups excluding carboxylic acids is 1. The highest BCUT2D eigenvalue weighted by Gasteiger charge is 2.27. The maximum absolute atomic E-state index is 12.4. The smallest absolute Gasteiger partial charge is 0.222 e. The molecule has 1 aliphatic carbocycles. The van der Waals surface area contributed by atoms with Gasteiger partial charge < -0.3 is 10.6 Å². The Kier molecular flexibility index (Phi) is 4.27. The Labute approximate surface area is 129 Å². The van der Waals surface area contributed by atoms with E-state index in [0.717, 1.165) is 19.3 Å². The first kappa shape index (κ1) is 14.5. The van der Waals surface area contributed by atoms with Crippen molar-refractivity contribution in [2.75, 3.05) is 7.05 Å². The number of rotatable bonds is 4. The minimum absolute atomic E-state index is 0.212. The number of hydrogen-bond acceptors (Lipinski definition) is 3. The number of nitrogens with zero attached hydrogens (tertiary/aromatic N) is 1. The van der Waals surface area contributed by atoms with Crippen LogP contribution in [-0.2, 0) is 11.3 Å². The molecule has 1 amide bonds. The van der Waals surface area contributed by atoms with E-state index in [-0.39, 0.29) is 11.9 Å². The minimum Gasteiger partial charge on any atom is -0.341 e. The standard InChI is InChI=1S/C17H22N2OS/c1-19(17(20)9-12-5-4-7-15(12)18)10-13-11-21-16-8-3-2-6-14(13)16/h2-3,6,8,11-12,15H,4-5,7,9-10,18H2,1H3/t12-,15+/m0/s1. The highest BCUT2D eigenvalue weighted by molar-refractivity contribution is 7.17. The van der Waals surface area contributed by atoms with Crippen LogP contribution in [0.3, 0.4) is 0 Å². The summed E-state index contributed by atoms with van der Waals surface area (Å²) in [5.41, 5.74) is 7.31. The first-order chi connectivity index (χ1) is 10.1. The summed E-state index contributed by atoms with van der Waals surface area (Å²) in [6, 6.07) is 8.58. The molecule has 1 fully saturated rings. The van der Waals surface area contributed by atoms with E-state index in [2.05, 4.69) is 29.6 Å². The summed E-state index contributed by atoms with van der Waals surface area (Å²) in [7, 11) is 1.90. The fraction of sp³-hybridized carbons (Fsp3) is 0.471. The third kappa shape index (κ3) is 3.11. The van der Waals surface area contributed by atoms with Crippen molar-refractivity contribution in [3.05, 3.63) is 35.2 Å². The fourth-order valence-electron chi connectivity index (χ4n) is 3.20. The second kappa shape index (κ2) is 6.16. The molecule has 2 aromatic rings. The van der Waals surface area contributed by atoms with Gasteiger partial charge in [0.25, 0.3) is 0 Å². The molecule has 0 saturated heterocycles. The van der Waals surface area contributed by atoms with E-state index in [1.807, 2.05) is 11.9 Å². The second-order valence-corrected chi connectivity index (χ2v) is 6.98. The molecule has 1 aliphatic rings. The molecular formula is C17H22N2OS. The van der Waals surface area contributed by atoms with Crippen molar-refractivity contribution in [3.8, 4) is 0 Å². The predicted octanol–water partition coefficient (Wildman–Crippen LogP) is 3.38. The number of fused-ring (bicyclic) bond motifs is 1. The number of amides is 1. The van der Waals surface area contributed by atoms with Crippen LogP contribution >= 0.6 is 11.3 Å². The third-order valence-corrected chi connectivity index (χ3v) is 5.56. The lowest BCUT2D eigenvalue weighted by atomic mass is 9.99. The van der Waals surface area contributed by atoms with Crippen LogP contribution in [0.5, 0.6) is 0 Å². The fourth-order valence-corrected chi connectivity index (χ4v) is 4.15. The van der Waals surface area contributed by atoms with Gasteiger partial charge in [-0.25, -0.2) is 0 Å². The van der Waals surface area contributed by atoms with Crippen molar-refractivity contribution < 1.29 is 4.79 Å². The molecule has 21 heavy (non-hydrogen) atoms. The second-order valence-electron chi connectivity index (χ2n) is 6.07. The zero-order valence-corrected chi connectivity index (χ0v) is 13.2. The summed E-state index contributed by atoms with van der Waals surface area (Å²) >= 11 is 1.74. The summed E-state index contributed by atoms with van der Waals surface area (Å²) in [5.74, 6) is 0.590. The van der Waals surface area contributed by atoms with E-state index < -0.39 is 0 Å². The van der Waals surface area contributed by atoms with Gasteiger partial charge in [-0.3, -0.25) is 4.79 Å². The van der Waals surface area contributed by atoms with Crippen molar-refractivity contribution >= 4 is 27.3 Å². The van der Waals surface area contributed by atoms with Crippen LogP contribution in [0.15, 0.2) is 29.6 Å². The van der Waals surface area contributed by atoms with Crippen LogP contribution in [0, 0.1) is 5.92 Å². The van der Waals surface area contributed by atoms with Gasteiger partial charge in [0.05, 0.1) is 0 Å². The molecule has 0 bridgehead atoms. The van der Waals surface area contributed by atoms with Crippen LogP contribution in [0.2, 0.25) is 0 Å². The monoisotopic (exact) mass is 302 g/mol. The number of thiophene rings is 1.